The van der Waals surface area contributed by atoms with Crippen molar-refractivity contribution in [1.29, 1.82) is 0 Å². The van der Waals surface area contributed by atoms with Crippen LogP contribution < -0.4 is 10.3 Å². The maximum atomic E-state index is 11.0. The summed E-state index contributed by atoms with van der Waals surface area (Å²) in [5, 5.41) is 6.05. The summed E-state index contributed by atoms with van der Waals surface area (Å²) >= 11 is 0. The predicted molar refractivity (Wildman–Crippen MR) is 57.0 cm³/mol. The smallest absolute Gasteiger partial charge is 0.267 e. The van der Waals surface area contributed by atoms with Gasteiger partial charge in [-0.25, -0.2) is 5.10 Å². The summed E-state index contributed by atoms with van der Waals surface area (Å²) in [6.45, 7) is 0. The first-order valence-corrected chi connectivity index (χ1v) is 5.56. The third-order valence-electron chi connectivity index (χ3n) is 2.74. The molecule has 1 aromatic heterocycles. The molecule has 0 saturated heterocycles. The number of nitrogens with zero attached hydrogens (tertiary/aromatic N) is 1. The highest BCUT2D eigenvalue weighted by Crippen LogP contribution is 2.21. The molecule has 1 N–H and O–H groups in total. The van der Waals surface area contributed by atoms with E-state index in [4.69, 9.17) is 4.74 Å². The maximum Gasteiger partial charge on any atom is 0.267 e. The Labute approximate surface area is 88.7 Å². The third kappa shape index (κ3) is 3.08. The number of nitrogens with one attached hydrogen (secondary N) is 1. The van der Waals surface area contributed by atoms with E-state index in [9.17, 15) is 4.79 Å². The van der Waals surface area contributed by atoms with Gasteiger partial charge in [-0.05, 0) is 25.7 Å². The Morgan fingerprint density at radius 1 is 1.27 bits per heavy atom. The largest absolute Gasteiger partial charge is 0.489 e. The fourth-order valence-corrected chi connectivity index (χ4v) is 1.97. The van der Waals surface area contributed by atoms with Crippen LogP contribution in [0.5, 0.6) is 5.75 Å². The lowest BCUT2D eigenvalue weighted by molar-refractivity contribution is 0.182. The number of hydrogen-bond donors (Lipinski definition) is 1. The quantitative estimate of drug-likeness (QED) is 0.755. The molecule has 4 nitrogen and oxygen atoms in total. The molecule has 0 spiro atoms. The molecular weight excluding hydrogens is 192 g/mol. The molecule has 0 radical (unpaired) electrons. The molecule has 0 unspecified atom stereocenters. The van der Waals surface area contributed by atoms with Gasteiger partial charge in [-0.1, -0.05) is 12.8 Å². The van der Waals surface area contributed by atoms with E-state index in [1.165, 1.54) is 31.7 Å². The van der Waals surface area contributed by atoms with Crippen LogP contribution in [0.4, 0.5) is 0 Å². The second-order valence-corrected chi connectivity index (χ2v) is 4.01. The van der Waals surface area contributed by atoms with Crippen molar-refractivity contribution in [3.63, 3.8) is 0 Å². The monoisotopic (exact) mass is 208 g/mol. The van der Waals surface area contributed by atoms with Crippen LogP contribution in [0.3, 0.4) is 0 Å². The van der Waals surface area contributed by atoms with Crippen LogP contribution in [0, 0.1) is 0 Å². The van der Waals surface area contributed by atoms with Crippen molar-refractivity contribution in [2.45, 2.75) is 44.6 Å². The van der Waals surface area contributed by atoms with E-state index in [0.29, 0.717) is 5.75 Å². The summed E-state index contributed by atoms with van der Waals surface area (Å²) in [7, 11) is 0. The average Bonchev–Trinajstić information content (AvgIpc) is 2.46. The summed E-state index contributed by atoms with van der Waals surface area (Å²) in [6, 6.07) is 1.46. The van der Waals surface area contributed by atoms with Gasteiger partial charge in [0.2, 0.25) is 0 Å². The van der Waals surface area contributed by atoms with E-state index < -0.39 is 0 Å². The standard InChI is InChI=1S/C11H16N2O2/c14-11-7-10(8-12-13-11)15-9-5-3-1-2-4-6-9/h7-9H,1-6H2,(H,13,14). The normalized spacial score (nSPS) is 18.4. The lowest BCUT2D eigenvalue weighted by Crippen LogP contribution is -2.17. The van der Waals surface area contributed by atoms with Gasteiger partial charge in [0.05, 0.1) is 12.3 Å². The average molecular weight is 208 g/mol. The Balaban J connectivity index is 1.98. The topological polar surface area (TPSA) is 55.0 Å². The van der Waals surface area contributed by atoms with Crippen molar-refractivity contribution >= 4 is 0 Å². The first kappa shape index (κ1) is 10.2. The summed E-state index contributed by atoms with van der Waals surface area (Å²) < 4.78 is 5.73. The van der Waals surface area contributed by atoms with Crippen LogP contribution in [0.25, 0.3) is 0 Å². The SMILES string of the molecule is O=c1cc(OC2CCCCCC2)cn[nH]1. The maximum absolute atomic E-state index is 11.0. The van der Waals surface area contributed by atoms with Crippen molar-refractivity contribution < 1.29 is 4.74 Å². The van der Waals surface area contributed by atoms with Crippen LogP contribution in [-0.4, -0.2) is 16.3 Å². The highest BCUT2D eigenvalue weighted by Gasteiger charge is 2.13. The second kappa shape index (κ2) is 4.96. The minimum absolute atomic E-state index is 0.207. The Bertz CT molecular complexity index is 354. The van der Waals surface area contributed by atoms with E-state index in [1.54, 1.807) is 6.20 Å². The number of ether oxygens (including phenoxy) is 1. The molecule has 1 aliphatic rings. The summed E-state index contributed by atoms with van der Waals surface area (Å²) in [5.41, 5.74) is -0.207. The molecule has 0 aromatic carbocycles. The molecular formula is C11H16N2O2. The summed E-state index contributed by atoms with van der Waals surface area (Å²) in [5.74, 6) is 0.589. The van der Waals surface area contributed by atoms with Crippen LogP contribution in [0.2, 0.25) is 0 Å². The van der Waals surface area contributed by atoms with Crippen molar-refractivity contribution in [2.75, 3.05) is 0 Å². The van der Waals surface area contributed by atoms with Gasteiger partial charge in [0, 0.05) is 6.07 Å². The molecule has 1 aliphatic carbocycles. The minimum Gasteiger partial charge on any atom is -0.489 e. The number of aromatic amines is 1. The van der Waals surface area contributed by atoms with Gasteiger partial charge in [0.1, 0.15) is 5.75 Å². The molecule has 1 saturated carbocycles. The molecule has 0 bridgehead atoms. The lowest BCUT2D eigenvalue weighted by atomic mass is 10.1. The molecule has 82 valence electrons. The van der Waals surface area contributed by atoms with Gasteiger partial charge in [-0.3, -0.25) is 4.79 Å². The van der Waals surface area contributed by atoms with Crippen molar-refractivity contribution in [2.24, 2.45) is 0 Å². The molecule has 1 fully saturated rings. The molecule has 15 heavy (non-hydrogen) atoms. The zero-order valence-electron chi connectivity index (χ0n) is 8.74. The Morgan fingerprint density at radius 3 is 2.67 bits per heavy atom. The molecule has 1 heterocycles. The number of rotatable bonds is 2. The minimum atomic E-state index is -0.207. The summed E-state index contributed by atoms with van der Waals surface area (Å²) in [6.07, 6.45) is 9.05. The van der Waals surface area contributed by atoms with Crippen molar-refractivity contribution in [3.8, 4) is 5.75 Å². The highest BCUT2D eigenvalue weighted by molar-refractivity contribution is 5.13. The Morgan fingerprint density at radius 2 is 2.00 bits per heavy atom. The van der Waals surface area contributed by atoms with Gasteiger partial charge in [-0.15, -0.1) is 0 Å². The van der Waals surface area contributed by atoms with E-state index in [2.05, 4.69) is 10.2 Å². The van der Waals surface area contributed by atoms with Crippen LogP contribution in [0.1, 0.15) is 38.5 Å². The Hall–Kier alpha value is -1.32. The van der Waals surface area contributed by atoms with Gasteiger partial charge in [0.25, 0.3) is 5.56 Å². The predicted octanol–water partition coefficient (Wildman–Crippen LogP) is 1.87. The van der Waals surface area contributed by atoms with E-state index >= 15 is 0 Å². The first-order chi connectivity index (χ1) is 7.34. The molecule has 0 atom stereocenters. The number of hydrogen-bond acceptors (Lipinski definition) is 3. The second-order valence-electron chi connectivity index (χ2n) is 4.01. The van der Waals surface area contributed by atoms with Crippen molar-refractivity contribution in [3.05, 3.63) is 22.6 Å². The molecule has 4 heteroatoms. The molecule has 1 aromatic rings. The van der Waals surface area contributed by atoms with E-state index in [0.717, 1.165) is 12.8 Å². The fourth-order valence-electron chi connectivity index (χ4n) is 1.97. The molecule has 0 aliphatic heterocycles. The van der Waals surface area contributed by atoms with E-state index in [1.807, 2.05) is 0 Å². The van der Waals surface area contributed by atoms with Crippen molar-refractivity contribution in [1.82, 2.24) is 10.2 Å². The number of aromatic nitrogens is 2. The molecule has 2 rings (SSSR count). The summed E-state index contributed by atoms with van der Waals surface area (Å²) in [4.78, 5) is 11.0. The van der Waals surface area contributed by atoms with Gasteiger partial charge in [0.15, 0.2) is 0 Å². The molecule has 0 amide bonds. The lowest BCUT2D eigenvalue weighted by Gasteiger charge is -2.15. The van der Waals surface area contributed by atoms with Gasteiger partial charge < -0.3 is 4.74 Å². The van der Waals surface area contributed by atoms with Crippen LogP contribution >= 0.6 is 0 Å². The first-order valence-electron chi connectivity index (χ1n) is 5.56. The Kier molecular flexibility index (Phi) is 3.37. The van der Waals surface area contributed by atoms with Crippen LogP contribution in [0.15, 0.2) is 17.1 Å². The zero-order chi connectivity index (χ0) is 10.5. The third-order valence-corrected chi connectivity index (χ3v) is 2.74. The highest BCUT2D eigenvalue weighted by atomic mass is 16.5. The van der Waals surface area contributed by atoms with Gasteiger partial charge in [-0.2, -0.15) is 5.10 Å². The van der Waals surface area contributed by atoms with Crippen LogP contribution in [-0.2, 0) is 0 Å². The number of H-pyrrole nitrogens is 1. The fraction of sp³-hybridized carbons (Fsp3) is 0.636. The van der Waals surface area contributed by atoms with Gasteiger partial charge >= 0.3 is 0 Å². The zero-order valence-corrected chi connectivity index (χ0v) is 8.74. The van der Waals surface area contributed by atoms with E-state index in [-0.39, 0.29) is 11.7 Å².